The minimum absolute atomic E-state index is 0.111. The summed E-state index contributed by atoms with van der Waals surface area (Å²) in [4.78, 5) is 2.40. The normalized spacial score (nSPS) is 12.9. The highest BCUT2D eigenvalue weighted by Gasteiger charge is 2.35. The summed E-state index contributed by atoms with van der Waals surface area (Å²) in [5.41, 5.74) is 17.4. The molecule has 0 amide bonds. The van der Waals surface area contributed by atoms with Crippen molar-refractivity contribution in [1.82, 2.24) is 0 Å². The average Bonchev–Trinajstić information content (AvgIpc) is 3.75. The van der Waals surface area contributed by atoms with E-state index in [4.69, 9.17) is 4.42 Å². The second-order valence-corrected chi connectivity index (χ2v) is 15.7. The number of hydrogen-bond acceptors (Lipinski definition) is 2. The first-order valence-electron chi connectivity index (χ1n) is 19.7. The number of furan rings is 1. The van der Waals surface area contributed by atoms with Crippen LogP contribution in [0, 0.1) is 0 Å². The largest absolute Gasteiger partial charge is 0.456 e. The van der Waals surface area contributed by atoms with Crippen LogP contribution in [0.25, 0.3) is 77.2 Å². The maximum atomic E-state index is 6.41. The van der Waals surface area contributed by atoms with E-state index >= 15 is 0 Å². The predicted octanol–water partition coefficient (Wildman–Crippen LogP) is 15.5. The summed E-state index contributed by atoms with van der Waals surface area (Å²) >= 11 is 0. The minimum Gasteiger partial charge on any atom is -0.456 e. The quantitative estimate of drug-likeness (QED) is 0.169. The molecule has 57 heavy (non-hydrogen) atoms. The standard InChI is InChI=1S/C55H39NO/c1-55(2)51-18-10-8-16-45(51)46-31-30-44(33-52(46)55)56(42-26-22-37(23-27-42)41-21-20-36-12-6-7-15-40(36)32-41)43-28-24-39(25-29-43)49-35-54-50(47-17-9-11-19-53(47)57-54)34-48(49)38-13-4-3-5-14-38/h3-35H,1-2H3. The number of rotatable bonds is 6. The van der Waals surface area contributed by atoms with E-state index in [9.17, 15) is 0 Å². The Balaban J connectivity index is 1.04. The van der Waals surface area contributed by atoms with Crippen LogP contribution in [0.2, 0.25) is 0 Å². The molecule has 270 valence electrons. The van der Waals surface area contributed by atoms with E-state index in [0.717, 1.165) is 50.1 Å². The zero-order valence-corrected chi connectivity index (χ0v) is 31.9. The molecule has 9 aromatic carbocycles. The van der Waals surface area contributed by atoms with E-state index in [1.54, 1.807) is 0 Å². The number of hydrogen-bond donors (Lipinski definition) is 0. The van der Waals surface area contributed by atoms with Gasteiger partial charge in [0, 0.05) is 33.2 Å². The van der Waals surface area contributed by atoms with Crippen molar-refractivity contribution in [2.45, 2.75) is 19.3 Å². The molecule has 2 nitrogen and oxygen atoms in total. The van der Waals surface area contributed by atoms with Crippen LogP contribution in [0.3, 0.4) is 0 Å². The van der Waals surface area contributed by atoms with Crippen molar-refractivity contribution in [1.29, 1.82) is 0 Å². The van der Waals surface area contributed by atoms with Gasteiger partial charge in [-0.3, -0.25) is 0 Å². The summed E-state index contributed by atoms with van der Waals surface area (Å²) in [5.74, 6) is 0. The van der Waals surface area contributed by atoms with Crippen LogP contribution >= 0.6 is 0 Å². The van der Waals surface area contributed by atoms with E-state index in [2.05, 4.69) is 207 Å². The number of benzene rings is 9. The van der Waals surface area contributed by atoms with Gasteiger partial charge in [-0.1, -0.05) is 153 Å². The fourth-order valence-corrected chi connectivity index (χ4v) is 9.11. The van der Waals surface area contributed by atoms with Crippen molar-refractivity contribution in [3.05, 3.63) is 211 Å². The van der Waals surface area contributed by atoms with Crippen LogP contribution in [0.4, 0.5) is 17.1 Å². The van der Waals surface area contributed by atoms with Crippen molar-refractivity contribution < 1.29 is 4.42 Å². The maximum absolute atomic E-state index is 6.41. The third-order valence-corrected chi connectivity index (χ3v) is 12.1. The van der Waals surface area contributed by atoms with Crippen LogP contribution in [0.1, 0.15) is 25.0 Å². The first-order valence-corrected chi connectivity index (χ1v) is 19.7. The predicted molar refractivity (Wildman–Crippen MR) is 240 cm³/mol. The van der Waals surface area contributed by atoms with Gasteiger partial charge >= 0.3 is 0 Å². The Bertz CT molecular complexity index is 3130. The highest BCUT2D eigenvalue weighted by Crippen LogP contribution is 2.51. The summed E-state index contributed by atoms with van der Waals surface area (Å²) in [5, 5.41) is 4.76. The van der Waals surface area contributed by atoms with Gasteiger partial charge in [0.05, 0.1) is 0 Å². The van der Waals surface area contributed by atoms with E-state index in [-0.39, 0.29) is 5.41 Å². The maximum Gasteiger partial charge on any atom is 0.136 e. The first-order chi connectivity index (χ1) is 28.0. The van der Waals surface area contributed by atoms with Gasteiger partial charge in [-0.15, -0.1) is 0 Å². The van der Waals surface area contributed by atoms with Gasteiger partial charge in [0.25, 0.3) is 0 Å². The molecule has 0 radical (unpaired) electrons. The van der Waals surface area contributed by atoms with Gasteiger partial charge in [-0.25, -0.2) is 0 Å². The monoisotopic (exact) mass is 729 g/mol. The summed E-state index contributed by atoms with van der Waals surface area (Å²) < 4.78 is 6.41. The van der Waals surface area contributed by atoms with Gasteiger partial charge in [0.2, 0.25) is 0 Å². The third-order valence-electron chi connectivity index (χ3n) is 12.1. The molecule has 1 aliphatic rings. The molecule has 11 rings (SSSR count). The third kappa shape index (κ3) is 5.48. The number of para-hydroxylation sites is 1. The molecule has 0 N–H and O–H groups in total. The molecule has 1 aliphatic carbocycles. The molecule has 0 fully saturated rings. The zero-order valence-electron chi connectivity index (χ0n) is 31.9. The lowest BCUT2D eigenvalue weighted by molar-refractivity contribution is 0.660. The summed E-state index contributed by atoms with van der Waals surface area (Å²) in [6.07, 6.45) is 0. The van der Waals surface area contributed by atoms with Gasteiger partial charge in [-0.2, -0.15) is 0 Å². The number of nitrogens with zero attached hydrogens (tertiary/aromatic N) is 1. The van der Waals surface area contributed by atoms with Crippen LogP contribution in [-0.2, 0) is 5.41 Å². The highest BCUT2D eigenvalue weighted by atomic mass is 16.3. The average molecular weight is 730 g/mol. The minimum atomic E-state index is -0.111. The molecule has 0 bridgehead atoms. The van der Waals surface area contributed by atoms with E-state index in [1.165, 1.54) is 55.3 Å². The fourth-order valence-electron chi connectivity index (χ4n) is 9.11. The number of fused-ring (bicyclic) bond motifs is 7. The molecule has 0 aliphatic heterocycles. The Kier molecular flexibility index (Phi) is 7.55. The lowest BCUT2D eigenvalue weighted by atomic mass is 9.82. The second-order valence-electron chi connectivity index (χ2n) is 15.7. The lowest BCUT2D eigenvalue weighted by Crippen LogP contribution is -2.16. The van der Waals surface area contributed by atoms with Gasteiger partial charge in [-0.05, 0) is 127 Å². The Morgan fingerprint density at radius 3 is 1.75 bits per heavy atom. The molecule has 1 heterocycles. The van der Waals surface area contributed by atoms with Crippen LogP contribution in [-0.4, -0.2) is 0 Å². The van der Waals surface area contributed by atoms with Crippen molar-refractivity contribution in [2.24, 2.45) is 0 Å². The lowest BCUT2D eigenvalue weighted by Gasteiger charge is -2.28. The molecule has 0 spiro atoms. The molecule has 2 heteroatoms. The van der Waals surface area contributed by atoms with E-state index in [1.807, 2.05) is 12.1 Å². The molecule has 0 unspecified atom stereocenters. The van der Waals surface area contributed by atoms with Crippen molar-refractivity contribution in [3.63, 3.8) is 0 Å². The van der Waals surface area contributed by atoms with Crippen molar-refractivity contribution >= 4 is 49.8 Å². The smallest absolute Gasteiger partial charge is 0.136 e. The molecule has 0 saturated heterocycles. The highest BCUT2D eigenvalue weighted by molar-refractivity contribution is 6.09. The molecule has 0 atom stereocenters. The molecular formula is C55H39NO. The van der Waals surface area contributed by atoms with Gasteiger partial charge in [0.15, 0.2) is 0 Å². The van der Waals surface area contributed by atoms with Gasteiger partial charge in [0.1, 0.15) is 11.2 Å². The molecule has 0 saturated carbocycles. The Morgan fingerprint density at radius 1 is 0.351 bits per heavy atom. The summed E-state index contributed by atoms with van der Waals surface area (Å²) in [6.45, 7) is 4.70. The fraction of sp³-hybridized carbons (Fsp3) is 0.0545. The van der Waals surface area contributed by atoms with Crippen molar-refractivity contribution in [2.75, 3.05) is 4.90 Å². The van der Waals surface area contributed by atoms with Crippen LogP contribution < -0.4 is 4.90 Å². The Morgan fingerprint density at radius 2 is 0.947 bits per heavy atom. The Labute approximate surface area is 332 Å². The second kappa shape index (κ2) is 13.0. The van der Waals surface area contributed by atoms with E-state index < -0.39 is 0 Å². The molecule has 10 aromatic rings. The van der Waals surface area contributed by atoms with Crippen LogP contribution in [0.5, 0.6) is 0 Å². The van der Waals surface area contributed by atoms with Crippen LogP contribution in [0.15, 0.2) is 205 Å². The number of anilines is 3. The summed E-state index contributed by atoms with van der Waals surface area (Å²) in [6, 6.07) is 72.7. The zero-order chi connectivity index (χ0) is 38.1. The van der Waals surface area contributed by atoms with Gasteiger partial charge < -0.3 is 9.32 Å². The molecule has 1 aromatic heterocycles. The van der Waals surface area contributed by atoms with Crippen molar-refractivity contribution in [3.8, 4) is 44.5 Å². The topological polar surface area (TPSA) is 16.4 Å². The Hall–Kier alpha value is -7.16. The SMILES string of the molecule is CC1(C)c2ccccc2-c2ccc(N(c3ccc(-c4ccc5ccccc5c4)cc3)c3ccc(-c4cc5oc6ccccc6c5cc4-c4ccccc4)cc3)cc21. The van der Waals surface area contributed by atoms with E-state index in [0.29, 0.717) is 0 Å². The first kappa shape index (κ1) is 33.2. The molecular weight excluding hydrogens is 691 g/mol. The summed E-state index contributed by atoms with van der Waals surface area (Å²) in [7, 11) is 0.